The predicted molar refractivity (Wildman–Crippen MR) is 78.6 cm³/mol. The summed E-state index contributed by atoms with van der Waals surface area (Å²) in [7, 11) is -3.71. The van der Waals surface area contributed by atoms with Crippen LogP contribution < -0.4 is 10.5 Å². The Bertz CT molecular complexity index is 722. The Morgan fingerprint density at radius 3 is 2.63 bits per heavy atom. The van der Waals surface area contributed by atoms with Gasteiger partial charge >= 0.3 is 0 Å². The number of benzene rings is 1. The Hall–Kier alpha value is -1.31. The molecule has 1 aromatic heterocycles. The lowest BCUT2D eigenvalue weighted by atomic mass is 10.3. The lowest BCUT2D eigenvalue weighted by Crippen LogP contribution is -2.13. The van der Waals surface area contributed by atoms with Crippen LogP contribution >= 0.6 is 27.5 Å². The Balaban J connectivity index is 2.33. The molecule has 3 N–H and O–H groups in total. The van der Waals surface area contributed by atoms with E-state index in [9.17, 15) is 8.42 Å². The fourth-order valence-corrected chi connectivity index (χ4v) is 3.08. The summed E-state index contributed by atoms with van der Waals surface area (Å²) in [6.45, 7) is 0. The molecule has 0 aliphatic carbocycles. The van der Waals surface area contributed by atoms with Crippen LogP contribution in [0, 0.1) is 0 Å². The average molecular weight is 363 g/mol. The molecule has 1 aromatic carbocycles. The van der Waals surface area contributed by atoms with Gasteiger partial charge in [-0.3, -0.25) is 9.71 Å². The van der Waals surface area contributed by atoms with Gasteiger partial charge in [-0.25, -0.2) is 8.42 Å². The van der Waals surface area contributed by atoms with E-state index >= 15 is 0 Å². The molecule has 0 spiro atoms. The summed E-state index contributed by atoms with van der Waals surface area (Å²) in [5.74, 6) is 0. The van der Waals surface area contributed by atoms with Gasteiger partial charge in [0.05, 0.1) is 16.4 Å². The molecule has 0 saturated carbocycles. The van der Waals surface area contributed by atoms with Crippen molar-refractivity contribution in [3.8, 4) is 0 Å². The molecular formula is C11H9BrClN3O2S. The zero-order chi connectivity index (χ0) is 14.0. The highest BCUT2D eigenvalue weighted by Gasteiger charge is 2.15. The maximum atomic E-state index is 12.1. The SMILES string of the molecule is Nc1ccc(NS(=O)(=O)c2cncc(Br)c2)cc1Cl. The molecule has 0 bridgehead atoms. The number of aromatic nitrogens is 1. The van der Waals surface area contributed by atoms with Crippen LogP contribution in [0.3, 0.4) is 0 Å². The molecule has 0 fully saturated rings. The number of hydrogen-bond acceptors (Lipinski definition) is 4. The number of nitrogens with one attached hydrogen (secondary N) is 1. The minimum atomic E-state index is -3.71. The maximum Gasteiger partial charge on any atom is 0.263 e. The summed E-state index contributed by atoms with van der Waals surface area (Å²) >= 11 is 9.00. The van der Waals surface area contributed by atoms with Crippen molar-refractivity contribution in [1.29, 1.82) is 0 Å². The first-order valence-electron chi connectivity index (χ1n) is 5.07. The van der Waals surface area contributed by atoms with Gasteiger partial charge < -0.3 is 5.73 Å². The van der Waals surface area contributed by atoms with Crippen molar-refractivity contribution >= 4 is 48.9 Å². The van der Waals surface area contributed by atoms with Crippen molar-refractivity contribution in [3.63, 3.8) is 0 Å². The Morgan fingerprint density at radius 2 is 2.00 bits per heavy atom. The second-order valence-corrected chi connectivity index (χ2v) is 6.69. The summed E-state index contributed by atoms with van der Waals surface area (Å²) < 4.78 is 27.2. The van der Waals surface area contributed by atoms with Crippen LogP contribution in [0.5, 0.6) is 0 Å². The summed E-state index contributed by atoms with van der Waals surface area (Å²) in [4.78, 5) is 3.86. The van der Waals surface area contributed by atoms with Crippen molar-refractivity contribution in [1.82, 2.24) is 4.98 Å². The first-order valence-corrected chi connectivity index (χ1v) is 7.72. The van der Waals surface area contributed by atoms with Gasteiger partial charge in [0.2, 0.25) is 0 Å². The van der Waals surface area contributed by atoms with E-state index in [0.29, 0.717) is 15.8 Å². The zero-order valence-electron chi connectivity index (χ0n) is 9.47. The van der Waals surface area contributed by atoms with Gasteiger partial charge in [-0.1, -0.05) is 11.6 Å². The molecule has 0 amide bonds. The van der Waals surface area contributed by atoms with Crippen molar-refractivity contribution in [3.05, 3.63) is 46.2 Å². The van der Waals surface area contributed by atoms with E-state index in [1.807, 2.05) is 0 Å². The van der Waals surface area contributed by atoms with Gasteiger partial charge in [0, 0.05) is 16.9 Å². The van der Waals surface area contributed by atoms with Crippen molar-refractivity contribution < 1.29 is 8.42 Å². The number of nitrogen functional groups attached to an aromatic ring is 1. The van der Waals surface area contributed by atoms with Gasteiger partial charge in [-0.15, -0.1) is 0 Å². The van der Waals surface area contributed by atoms with Crippen LogP contribution in [0.15, 0.2) is 46.0 Å². The van der Waals surface area contributed by atoms with E-state index in [1.54, 1.807) is 0 Å². The lowest BCUT2D eigenvalue weighted by molar-refractivity contribution is 0.600. The smallest absolute Gasteiger partial charge is 0.263 e. The van der Waals surface area contributed by atoms with Crippen molar-refractivity contribution in [2.75, 3.05) is 10.5 Å². The fraction of sp³-hybridized carbons (Fsp3) is 0. The highest BCUT2D eigenvalue weighted by Crippen LogP contribution is 2.25. The summed E-state index contributed by atoms with van der Waals surface area (Å²) in [5, 5.41) is 0.285. The van der Waals surface area contributed by atoms with E-state index in [1.165, 1.54) is 36.7 Å². The molecule has 19 heavy (non-hydrogen) atoms. The van der Waals surface area contributed by atoms with E-state index < -0.39 is 10.0 Å². The third-order valence-electron chi connectivity index (χ3n) is 2.24. The number of nitrogens with zero attached hydrogens (tertiary/aromatic N) is 1. The molecule has 0 aliphatic heterocycles. The summed E-state index contributed by atoms with van der Waals surface area (Å²) in [5.41, 5.74) is 6.27. The average Bonchev–Trinajstić information content (AvgIpc) is 2.33. The first kappa shape index (κ1) is 14.1. The maximum absolute atomic E-state index is 12.1. The molecule has 0 aliphatic rings. The Morgan fingerprint density at radius 1 is 1.26 bits per heavy atom. The molecule has 0 unspecified atom stereocenters. The monoisotopic (exact) mass is 361 g/mol. The highest BCUT2D eigenvalue weighted by atomic mass is 79.9. The third kappa shape index (κ3) is 3.37. The number of anilines is 2. The number of hydrogen-bond donors (Lipinski definition) is 2. The van der Waals surface area contributed by atoms with E-state index in [4.69, 9.17) is 17.3 Å². The molecular weight excluding hydrogens is 354 g/mol. The van der Waals surface area contributed by atoms with Crippen LogP contribution in [0.25, 0.3) is 0 Å². The number of nitrogens with two attached hydrogens (primary N) is 1. The number of halogens is 2. The molecule has 1 heterocycles. The molecule has 8 heteroatoms. The second kappa shape index (κ2) is 5.36. The fourth-order valence-electron chi connectivity index (χ4n) is 1.34. The van der Waals surface area contributed by atoms with Gasteiger partial charge in [-0.2, -0.15) is 0 Å². The van der Waals surface area contributed by atoms with E-state index in [2.05, 4.69) is 25.6 Å². The van der Waals surface area contributed by atoms with Crippen molar-refractivity contribution in [2.24, 2.45) is 0 Å². The normalized spacial score (nSPS) is 11.3. The lowest BCUT2D eigenvalue weighted by Gasteiger charge is -2.09. The molecule has 0 radical (unpaired) electrons. The van der Waals surface area contributed by atoms with Crippen LogP contribution in [0.4, 0.5) is 11.4 Å². The van der Waals surface area contributed by atoms with Crippen LogP contribution in [0.2, 0.25) is 5.02 Å². The van der Waals surface area contributed by atoms with Gasteiger partial charge in [0.1, 0.15) is 4.90 Å². The van der Waals surface area contributed by atoms with Crippen LogP contribution in [-0.2, 0) is 10.0 Å². The van der Waals surface area contributed by atoms with Gasteiger partial charge in [-0.05, 0) is 40.2 Å². The molecule has 5 nitrogen and oxygen atoms in total. The molecule has 2 aromatic rings. The topological polar surface area (TPSA) is 85.1 Å². The van der Waals surface area contributed by atoms with E-state index in [0.717, 1.165) is 0 Å². The number of pyridine rings is 1. The minimum Gasteiger partial charge on any atom is -0.398 e. The van der Waals surface area contributed by atoms with Crippen molar-refractivity contribution in [2.45, 2.75) is 4.90 Å². The number of sulfonamides is 1. The molecule has 100 valence electrons. The zero-order valence-corrected chi connectivity index (χ0v) is 12.6. The standard InChI is InChI=1S/C11H9BrClN3O2S/c12-7-3-9(6-15-5-7)19(17,18)16-8-1-2-11(14)10(13)4-8/h1-6,16H,14H2. The molecule has 2 rings (SSSR count). The molecule has 0 atom stereocenters. The highest BCUT2D eigenvalue weighted by molar-refractivity contribution is 9.10. The Labute approximate surface area is 124 Å². The summed E-state index contributed by atoms with van der Waals surface area (Å²) in [6, 6.07) is 5.96. The quantitative estimate of drug-likeness (QED) is 0.822. The largest absolute Gasteiger partial charge is 0.398 e. The predicted octanol–water partition coefficient (Wildman–Crippen LogP) is 2.88. The van der Waals surface area contributed by atoms with Crippen LogP contribution in [0.1, 0.15) is 0 Å². The van der Waals surface area contributed by atoms with Gasteiger partial charge in [0.25, 0.3) is 10.0 Å². The summed E-state index contributed by atoms with van der Waals surface area (Å²) in [6.07, 6.45) is 2.76. The van der Waals surface area contributed by atoms with Crippen LogP contribution in [-0.4, -0.2) is 13.4 Å². The molecule has 0 saturated heterocycles. The third-order valence-corrected chi connectivity index (χ3v) is 4.35. The van der Waals surface area contributed by atoms with E-state index in [-0.39, 0.29) is 9.92 Å². The second-order valence-electron chi connectivity index (χ2n) is 3.68. The number of rotatable bonds is 3. The minimum absolute atomic E-state index is 0.0508. The Kier molecular flexibility index (Phi) is 3.98. The first-order chi connectivity index (χ1) is 8.88. The van der Waals surface area contributed by atoms with Gasteiger partial charge in [0.15, 0.2) is 0 Å².